The van der Waals surface area contributed by atoms with Crippen molar-refractivity contribution in [2.45, 2.75) is 6.92 Å². The first-order valence-electron chi connectivity index (χ1n) is 5.84. The Bertz CT molecular complexity index is 738. The third kappa shape index (κ3) is 1.94. The number of carbonyl (C=O) groups is 1. The quantitative estimate of drug-likeness (QED) is 0.675. The highest BCUT2D eigenvalue weighted by Gasteiger charge is 2.19. The molecular formula is C15H12O3S. The molecular weight excluding hydrogens is 260 g/mol. The van der Waals surface area contributed by atoms with Gasteiger partial charge in [-0.1, -0.05) is 0 Å². The van der Waals surface area contributed by atoms with Crippen molar-refractivity contribution in [3.05, 3.63) is 51.9 Å². The average Bonchev–Trinajstić information content (AvgIpc) is 3.06. The number of benzene rings is 1. The Hall–Kier alpha value is -2.07. The summed E-state index contributed by atoms with van der Waals surface area (Å²) in [5.74, 6) is 1.05. The van der Waals surface area contributed by atoms with E-state index in [1.165, 1.54) is 11.3 Å². The summed E-state index contributed by atoms with van der Waals surface area (Å²) in [6.07, 6.45) is 0. The third-order valence-electron chi connectivity index (χ3n) is 3.13. The summed E-state index contributed by atoms with van der Waals surface area (Å²) in [6, 6.07) is 7.38. The Morgan fingerprint density at radius 2 is 2.16 bits per heavy atom. The van der Waals surface area contributed by atoms with Gasteiger partial charge in [-0.3, -0.25) is 4.79 Å². The standard InChI is InChI=1S/C15H12O3S/c1-9-12-4-3-11(17-2)7-13(12)18-15(9)14(16)10-5-6-19-8-10/h3-8H,1-2H3. The van der Waals surface area contributed by atoms with Crippen molar-refractivity contribution in [3.8, 4) is 5.75 Å². The highest BCUT2D eigenvalue weighted by atomic mass is 32.1. The summed E-state index contributed by atoms with van der Waals surface area (Å²) < 4.78 is 10.9. The van der Waals surface area contributed by atoms with Crippen molar-refractivity contribution in [1.29, 1.82) is 0 Å². The third-order valence-corrected chi connectivity index (χ3v) is 3.82. The summed E-state index contributed by atoms with van der Waals surface area (Å²) >= 11 is 1.50. The average molecular weight is 272 g/mol. The van der Waals surface area contributed by atoms with Gasteiger partial charge < -0.3 is 9.15 Å². The van der Waals surface area contributed by atoms with Gasteiger partial charge in [-0.2, -0.15) is 11.3 Å². The largest absolute Gasteiger partial charge is 0.497 e. The van der Waals surface area contributed by atoms with Crippen molar-refractivity contribution < 1.29 is 13.9 Å². The van der Waals surface area contributed by atoms with Gasteiger partial charge in [0.1, 0.15) is 11.3 Å². The molecule has 96 valence electrons. The van der Waals surface area contributed by atoms with Crippen molar-refractivity contribution in [3.63, 3.8) is 0 Å². The van der Waals surface area contributed by atoms with E-state index in [0.29, 0.717) is 16.9 Å². The molecule has 0 radical (unpaired) electrons. The molecule has 0 saturated carbocycles. The lowest BCUT2D eigenvalue weighted by molar-refractivity contribution is 0.101. The van der Waals surface area contributed by atoms with Crippen LogP contribution in [0.4, 0.5) is 0 Å². The molecule has 2 heterocycles. The summed E-state index contributed by atoms with van der Waals surface area (Å²) in [4.78, 5) is 12.3. The molecule has 0 aliphatic carbocycles. The number of ketones is 1. The minimum atomic E-state index is -0.0751. The van der Waals surface area contributed by atoms with E-state index in [0.717, 1.165) is 16.7 Å². The van der Waals surface area contributed by atoms with Crippen LogP contribution in [-0.4, -0.2) is 12.9 Å². The van der Waals surface area contributed by atoms with Crippen LogP contribution in [0.3, 0.4) is 0 Å². The Morgan fingerprint density at radius 1 is 1.32 bits per heavy atom. The van der Waals surface area contributed by atoms with Crippen LogP contribution in [0, 0.1) is 6.92 Å². The molecule has 1 aromatic carbocycles. The molecule has 19 heavy (non-hydrogen) atoms. The van der Waals surface area contributed by atoms with E-state index in [1.807, 2.05) is 29.8 Å². The molecule has 0 atom stereocenters. The molecule has 0 unspecified atom stereocenters. The highest BCUT2D eigenvalue weighted by Crippen LogP contribution is 2.30. The topological polar surface area (TPSA) is 39.4 Å². The van der Waals surface area contributed by atoms with Gasteiger partial charge >= 0.3 is 0 Å². The van der Waals surface area contributed by atoms with Crippen LogP contribution in [0.2, 0.25) is 0 Å². The Balaban J connectivity index is 2.14. The van der Waals surface area contributed by atoms with Crippen LogP contribution in [0.1, 0.15) is 21.7 Å². The SMILES string of the molecule is COc1ccc2c(C)c(C(=O)c3ccsc3)oc2c1. The highest BCUT2D eigenvalue weighted by molar-refractivity contribution is 7.08. The number of fused-ring (bicyclic) bond motifs is 1. The predicted molar refractivity (Wildman–Crippen MR) is 75.3 cm³/mol. The number of hydrogen-bond donors (Lipinski definition) is 0. The van der Waals surface area contributed by atoms with Crippen LogP contribution < -0.4 is 4.74 Å². The number of methoxy groups -OCH3 is 1. The lowest BCUT2D eigenvalue weighted by Gasteiger charge is -1.97. The van der Waals surface area contributed by atoms with Crippen molar-refractivity contribution in [1.82, 2.24) is 0 Å². The summed E-state index contributed by atoms with van der Waals surface area (Å²) in [6.45, 7) is 1.90. The Morgan fingerprint density at radius 3 is 2.84 bits per heavy atom. The van der Waals surface area contributed by atoms with Crippen molar-refractivity contribution >= 4 is 28.1 Å². The van der Waals surface area contributed by atoms with Crippen molar-refractivity contribution in [2.75, 3.05) is 7.11 Å². The number of furan rings is 1. The molecule has 0 N–H and O–H groups in total. The minimum absolute atomic E-state index is 0.0751. The second-order valence-corrected chi connectivity index (χ2v) is 5.04. The van der Waals surface area contributed by atoms with Gasteiger partial charge in [0.05, 0.1) is 7.11 Å². The molecule has 3 nitrogen and oxygen atoms in total. The summed E-state index contributed by atoms with van der Waals surface area (Å²) in [5, 5.41) is 4.66. The zero-order valence-electron chi connectivity index (χ0n) is 10.6. The van der Waals surface area contributed by atoms with Gasteiger partial charge in [0, 0.05) is 28.0 Å². The molecule has 4 heteroatoms. The lowest BCUT2D eigenvalue weighted by Crippen LogP contribution is -1.99. The minimum Gasteiger partial charge on any atom is -0.497 e. The maximum absolute atomic E-state index is 12.3. The van der Waals surface area contributed by atoms with Gasteiger partial charge in [-0.05, 0) is 30.5 Å². The van der Waals surface area contributed by atoms with Crippen LogP contribution in [0.5, 0.6) is 5.75 Å². The number of thiophene rings is 1. The maximum Gasteiger partial charge on any atom is 0.229 e. The van der Waals surface area contributed by atoms with E-state index in [2.05, 4.69) is 0 Å². The first-order chi connectivity index (χ1) is 9.20. The molecule has 3 rings (SSSR count). The van der Waals surface area contributed by atoms with E-state index in [-0.39, 0.29) is 5.78 Å². The second kappa shape index (κ2) is 4.55. The zero-order valence-corrected chi connectivity index (χ0v) is 11.4. The molecule has 0 aliphatic heterocycles. The van der Waals surface area contributed by atoms with Crippen LogP contribution in [0.15, 0.2) is 39.4 Å². The van der Waals surface area contributed by atoms with Crippen LogP contribution >= 0.6 is 11.3 Å². The molecule has 0 fully saturated rings. The van der Waals surface area contributed by atoms with E-state index in [9.17, 15) is 4.79 Å². The molecule has 0 saturated heterocycles. The molecule has 0 amide bonds. The van der Waals surface area contributed by atoms with Crippen molar-refractivity contribution in [2.24, 2.45) is 0 Å². The first-order valence-corrected chi connectivity index (χ1v) is 6.79. The van der Waals surface area contributed by atoms with Crippen LogP contribution in [0.25, 0.3) is 11.0 Å². The van der Waals surface area contributed by atoms with Gasteiger partial charge in [-0.15, -0.1) is 0 Å². The Labute approximate surface area is 114 Å². The fraction of sp³-hybridized carbons (Fsp3) is 0.133. The molecule has 2 aromatic heterocycles. The molecule has 0 aliphatic rings. The fourth-order valence-corrected chi connectivity index (χ4v) is 2.71. The Kier molecular flexibility index (Phi) is 2.87. The fourth-order valence-electron chi connectivity index (χ4n) is 2.07. The summed E-state index contributed by atoms with van der Waals surface area (Å²) in [5.41, 5.74) is 2.21. The number of carbonyl (C=O) groups excluding carboxylic acids is 1. The smallest absolute Gasteiger partial charge is 0.229 e. The van der Waals surface area contributed by atoms with E-state index in [1.54, 1.807) is 19.2 Å². The number of ether oxygens (including phenoxy) is 1. The van der Waals surface area contributed by atoms with Gasteiger partial charge in [-0.25, -0.2) is 0 Å². The summed E-state index contributed by atoms with van der Waals surface area (Å²) in [7, 11) is 1.61. The second-order valence-electron chi connectivity index (χ2n) is 4.26. The number of aryl methyl sites for hydroxylation is 1. The zero-order chi connectivity index (χ0) is 13.4. The van der Waals surface area contributed by atoms with Gasteiger partial charge in [0.25, 0.3) is 0 Å². The number of hydrogen-bond acceptors (Lipinski definition) is 4. The van der Waals surface area contributed by atoms with E-state index in [4.69, 9.17) is 9.15 Å². The van der Waals surface area contributed by atoms with E-state index >= 15 is 0 Å². The maximum atomic E-state index is 12.3. The van der Waals surface area contributed by atoms with Gasteiger partial charge in [0.2, 0.25) is 5.78 Å². The van der Waals surface area contributed by atoms with E-state index < -0.39 is 0 Å². The molecule has 0 spiro atoms. The first kappa shape index (κ1) is 12.0. The van der Waals surface area contributed by atoms with Gasteiger partial charge in [0.15, 0.2) is 5.76 Å². The van der Waals surface area contributed by atoms with Crippen LogP contribution in [-0.2, 0) is 0 Å². The monoisotopic (exact) mass is 272 g/mol. The lowest BCUT2D eigenvalue weighted by atomic mass is 10.1. The molecule has 3 aromatic rings. The number of rotatable bonds is 3. The predicted octanol–water partition coefficient (Wildman–Crippen LogP) is 4.04. The molecule has 0 bridgehead atoms. The normalized spacial score (nSPS) is 10.8.